The van der Waals surface area contributed by atoms with E-state index in [1.165, 1.54) is 0 Å². The van der Waals surface area contributed by atoms with Crippen molar-refractivity contribution in [2.75, 3.05) is 0 Å². The van der Waals surface area contributed by atoms with E-state index in [4.69, 9.17) is 9.26 Å². The number of hydrogen-bond acceptors (Lipinski definition) is 7. The first-order chi connectivity index (χ1) is 15.9. The lowest BCUT2D eigenvalue weighted by molar-refractivity contribution is 0.241. The average molecular weight is 465 g/mol. The average Bonchev–Trinajstić information content (AvgIpc) is 3.43. The summed E-state index contributed by atoms with van der Waals surface area (Å²) in [6, 6.07) is 12.9. The number of nitriles is 1. The van der Waals surface area contributed by atoms with Crippen LogP contribution in [0.1, 0.15) is 55.8 Å². The number of nitrogens with one attached hydrogen (secondary N) is 1. The number of sulfonamides is 1. The Balaban J connectivity index is 1.43. The van der Waals surface area contributed by atoms with Crippen LogP contribution in [0.4, 0.5) is 0 Å². The Morgan fingerprint density at radius 3 is 2.76 bits per heavy atom. The van der Waals surface area contributed by atoms with Crippen LogP contribution < -0.4 is 9.46 Å². The van der Waals surface area contributed by atoms with Crippen molar-refractivity contribution in [2.45, 2.75) is 56.9 Å². The first-order valence-corrected chi connectivity index (χ1v) is 12.6. The molecule has 170 valence electrons. The van der Waals surface area contributed by atoms with Gasteiger partial charge in [-0.1, -0.05) is 23.4 Å². The highest BCUT2D eigenvalue weighted by Crippen LogP contribution is 2.39. The summed E-state index contributed by atoms with van der Waals surface area (Å²) in [4.78, 5) is 4.57. The lowest BCUT2D eigenvalue weighted by Gasteiger charge is -2.14. The molecule has 3 aromatic rings. The van der Waals surface area contributed by atoms with E-state index < -0.39 is 10.0 Å². The molecule has 1 N–H and O–H groups in total. The quantitative estimate of drug-likeness (QED) is 0.558. The smallest absolute Gasteiger partial charge is 0.258 e. The third-order valence-electron chi connectivity index (χ3n) is 5.92. The van der Waals surface area contributed by atoms with Crippen molar-refractivity contribution in [1.82, 2.24) is 14.9 Å². The fourth-order valence-electron chi connectivity index (χ4n) is 4.22. The van der Waals surface area contributed by atoms with Crippen molar-refractivity contribution in [3.8, 4) is 34.7 Å². The van der Waals surface area contributed by atoms with Crippen LogP contribution in [0.15, 0.2) is 40.9 Å². The molecule has 2 aromatic carbocycles. The van der Waals surface area contributed by atoms with Crippen LogP contribution in [-0.4, -0.2) is 29.9 Å². The van der Waals surface area contributed by atoms with Gasteiger partial charge in [0.05, 0.1) is 16.9 Å². The molecule has 0 radical (unpaired) electrons. The summed E-state index contributed by atoms with van der Waals surface area (Å²) >= 11 is 0. The number of rotatable bonds is 7. The van der Waals surface area contributed by atoms with Crippen molar-refractivity contribution in [2.24, 2.45) is 0 Å². The van der Waals surface area contributed by atoms with Gasteiger partial charge in [-0.25, -0.2) is 13.1 Å². The van der Waals surface area contributed by atoms with Crippen LogP contribution in [-0.2, 0) is 16.4 Å². The molecular weight excluding hydrogens is 440 g/mol. The molecule has 1 fully saturated rings. The highest BCUT2D eigenvalue weighted by atomic mass is 32.2. The largest absolute Gasteiger partial charge is 0.490 e. The fourth-order valence-corrected chi connectivity index (χ4v) is 5.81. The maximum atomic E-state index is 12.4. The van der Waals surface area contributed by atoms with Crippen molar-refractivity contribution in [3.63, 3.8) is 0 Å². The zero-order valence-electron chi connectivity index (χ0n) is 18.4. The number of aromatic nitrogens is 2. The predicted octanol–water partition coefficient (Wildman–Crippen LogP) is 4.13. The number of ether oxygens (including phenoxy) is 1. The number of benzene rings is 2. The molecule has 0 unspecified atom stereocenters. The van der Waals surface area contributed by atoms with E-state index in [1.807, 2.05) is 32.0 Å². The van der Waals surface area contributed by atoms with Gasteiger partial charge in [0, 0.05) is 17.2 Å². The molecule has 0 spiro atoms. The summed E-state index contributed by atoms with van der Waals surface area (Å²) in [5, 5.41) is 13.4. The van der Waals surface area contributed by atoms with Gasteiger partial charge in [-0.2, -0.15) is 10.2 Å². The van der Waals surface area contributed by atoms with Gasteiger partial charge in [-0.15, -0.1) is 0 Å². The third-order valence-corrected chi connectivity index (χ3v) is 7.88. The van der Waals surface area contributed by atoms with Gasteiger partial charge in [-0.3, -0.25) is 0 Å². The zero-order valence-corrected chi connectivity index (χ0v) is 19.2. The van der Waals surface area contributed by atoms with Crippen LogP contribution in [0.5, 0.6) is 5.75 Å². The first kappa shape index (κ1) is 21.6. The molecular formula is C24H24N4O4S. The van der Waals surface area contributed by atoms with Gasteiger partial charge >= 0.3 is 0 Å². The zero-order chi connectivity index (χ0) is 23.2. The van der Waals surface area contributed by atoms with Crippen molar-refractivity contribution in [3.05, 3.63) is 53.1 Å². The molecule has 1 heterocycles. The monoisotopic (exact) mass is 464 g/mol. The summed E-state index contributed by atoms with van der Waals surface area (Å²) in [7, 11) is -3.28. The minimum Gasteiger partial charge on any atom is -0.490 e. The van der Waals surface area contributed by atoms with Gasteiger partial charge in [0.1, 0.15) is 11.8 Å². The van der Waals surface area contributed by atoms with E-state index >= 15 is 0 Å². The molecule has 0 amide bonds. The van der Waals surface area contributed by atoms with E-state index in [9.17, 15) is 13.7 Å². The van der Waals surface area contributed by atoms with E-state index in [1.54, 1.807) is 18.2 Å². The lowest BCUT2D eigenvalue weighted by atomic mass is 10.0. The predicted molar refractivity (Wildman–Crippen MR) is 122 cm³/mol. The second-order valence-electron chi connectivity index (χ2n) is 8.74. The van der Waals surface area contributed by atoms with E-state index in [-0.39, 0.29) is 17.4 Å². The highest BCUT2D eigenvalue weighted by Gasteiger charge is 2.38. The van der Waals surface area contributed by atoms with E-state index in [0.717, 1.165) is 36.0 Å². The summed E-state index contributed by atoms with van der Waals surface area (Å²) < 4.78 is 38.9. The van der Waals surface area contributed by atoms with Crippen LogP contribution in [0.2, 0.25) is 0 Å². The van der Waals surface area contributed by atoms with Crippen molar-refractivity contribution in [1.29, 1.82) is 5.26 Å². The minimum absolute atomic E-state index is 0.0456. The van der Waals surface area contributed by atoms with Crippen LogP contribution >= 0.6 is 0 Å². The molecule has 0 bridgehead atoms. The van der Waals surface area contributed by atoms with Gasteiger partial charge in [0.25, 0.3) is 5.89 Å². The van der Waals surface area contributed by atoms with Crippen molar-refractivity contribution < 1.29 is 17.7 Å². The Labute approximate surface area is 192 Å². The molecule has 5 rings (SSSR count). The fraction of sp³-hybridized carbons (Fsp3) is 0.375. The van der Waals surface area contributed by atoms with E-state index in [2.05, 4.69) is 20.9 Å². The molecule has 1 aromatic heterocycles. The topological polar surface area (TPSA) is 118 Å². The van der Waals surface area contributed by atoms with Gasteiger partial charge < -0.3 is 9.26 Å². The third kappa shape index (κ3) is 4.24. The second kappa shape index (κ2) is 8.28. The van der Waals surface area contributed by atoms with Crippen molar-refractivity contribution >= 4 is 10.0 Å². The maximum Gasteiger partial charge on any atom is 0.258 e. The SMILES string of the molecule is CC(C)Oc1ccc(-c2nc(-c3cccc4c3CC[C@H]4NS(=O)(=O)C3CC3)no2)cc1C#N. The Kier molecular flexibility index (Phi) is 5.43. The highest BCUT2D eigenvalue weighted by molar-refractivity contribution is 7.90. The molecule has 33 heavy (non-hydrogen) atoms. The van der Waals surface area contributed by atoms with Crippen LogP contribution in [0.3, 0.4) is 0 Å². The van der Waals surface area contributed by atoms with Gasteiger partial charge in [0.2, 0.25) is 15.8 Å². The van der Waals surface area contributed by atoms with Gasteiger partial charge in [-0.05, 0) is 68.9 Å². The molecule has 2 aliphatic rings. The summed E-state index contributed by atoms with van der Waals surface area (Å²) in [6.07, 6.45) is 2.85. The molecule has 8 nitrogen and oxygen atoms in total. The molecule has 0 saturated heterocycles. The second-order valence-corrected chi connectivity index (χ2v) is 10.7. The van der Waals surface area contributed by atoms with Crippen LogP contribution in [0, 0.1) is 11.3 Å². The molecule has 0 aliphatic heterocycles. The summed E-state index contributed by atoms with van der Waals surface area (Å²) in [6.45, 7) is 3.80. The molecule has 1 atom stereocenters. The standard InChI is InChI=1S/C24H24N4O4S/c1-14(2)31-22-11-6-15(12-16(22)13-25)24-26-23(27-32-24)20-5-3-4-19-18(20)9-10-21(19)28-33(29,30)17-7-8-17/h3-6,11-12,14,17,21,28H,7-10H2,1-2H3/t21-/m1/s1. The molecule has 9 heteroatoms. The minimum atomic E-state index is -3.28. The maximum absolute atomic E-state index is 12.4. The summed E-state index contributed by atoms with van der Waals surface area (Å²) in [5.74, 6) is 1.25. The normalized spacial score (nSPS) is 17.7. The number of hydrogen-bond donors (Lipinski definition) is 1. The Hall–Kier alpha value is -3.22. The molecule has 1 saturated carbocycles. The van der Waals surface area contributed by atoms with Gasteiger partial charge in [0.15, 0.2) is 0 Å². The van der Waals surface area contributed by atoms with Crippen LogP contribution in [0.25, 0.3) is 22.8 Å². The lowest BCUT2D eigenvalue weighted by Crippen LogP contribution is -2.30. The molecule has 2 aliphatic carbocycles. The summed E-state index contributed by atoms with van der Waals surface area (Å²) in [5.41, 5.74) is 3.85. The Bertz CT molecular complexity index is 1350. The Morgan fingerprint density at radius 1 is 1.21 bits per heavy atom. The number of nitrogens with zero attached hydrogens (tertiary/aromatic N) is 3. The first-order valence-electron chi connectivity index (χ1n) is 11.0. The number of fused-ring (bicyclic) bond motifs is 1. The van der Waals surface area contributed by atoms with E-state index in [0.29, 0.717) is 35.0 Å². The Morgan fingerprint density at radius 2 is 2.03 bits per heavy atom.